The summed E-state index contributed by atoms with van der Waals surface area (Å²) in [4.78, 5) is 20.5. The topological polar surface area (TPSA) is 97.6 Å². The zero-order valence-electron chi connectivity index (χ0n) is 19.1. The van der Waals surface area contributed by atoms with E-state index in [1.165, 1.54) is 32.9 Å². The van der Waals surface area contributed by atoms with Crippen molar-refractivity contribution < 1.29 is 23.7 Å². The summed E-state index contributed by atoms with van der Waals surface area (Å²) >= 11 is 5.97. The lowest BCUT2D eigenvalue weighted by Crippen LogP contribution is -2.06. The Kier molecular flexibility index (Phi) is 7.27. The molecule has 178 valence electrons. The van der Waals surface area contributed by atoms with Gasteiger partial charge in [0.25, 0.3) is 0 Å². The molecule has 2 aromatic heterocycles. The number of aryl methyl sites for hydroxylation is 1. The molecule has 0 amide bonds. The lowest BCUT2D eigenvalue weighted by atomic mass is 10.1. The third-order valence-corrected chi connectivity index (χ3v) is 5.09. The van der Waals surface area contributed by atoms with Gasteiger partial charge >= 0.3 is 5.97 Å². The van der Waals surface area contributed by atoms with Gasteiger partial charge in [-0.15, -0.1) is 0 Å². The molecule has 0 aliphatic heterocycles. The third kappa shape index (κ3) is 5.59. The van der Waals surface area contributed by atoms with E-state index in [4.69, 9.17) is 30.5 Å². The average Bonchev–Trinajstić information content (AvgIpc) is 3.23. The van der Waals surface area contributed by atoms with Crippen LogP contribution in [0.15, 0.2) is 73.3 Å². The van der Waals surface area contributed by atoms with Crippen LogP contribution in [-0.2, 0) is 21.3 Å². The van der Waals surface area contributed by atoms with E-state index in [2.05, 4.69) is 15.1 Å². The molecule has 0 radical (unpaired) electrons. The molecule has 0 bridgehead atoms. The minimum Gasteiger partial charge on any atom is -0.503 e. The number of hydrogen-bond acceptors (Lipinski definition) is 8. The van der Waals surface area contributed by atoms with Crippen LogP contribution in [0.1, 0.15) is 5.56 Å². The van der Waals surface area contributed by atoms with Crippen LogP contribution in [0, 0.1) is 0 Å². The Morgan fingerprint density at radius 1 is 0.971 bits per heavy atom. The molecular weight excluding hydrogens is 472 g/mol. The first-order valence-electron chi connectivity index (χ1n) is 10.4. The molecule has 4 aromatic rings. The van der Waals surface area contributed by atoms with Crippen molar-refractivity contribution >= 4 is 23.1 Å². The molecule has 35 heavy (non-hydrogen) atoms. The molecule has 2 aromatic carbocycles. The van der Waals surface area contributed by atoms with Gasteiger partial charge in [0, 0.05) is 29.3 Å². The van der Waals surface area contributed by atoms with Gasteiger partial charge in [-0.25, -0.2) is 19.4 Å². The van der Waals surface area contributed by atoms with Gasteiger partial charge in [-0.2, -0.15) is 5.10 Å². The van der Waals surface area contributed by atoms with Crippen molar-refractivity contribution in [1.82, 2.24) is 19.7 Å². The van der Waals surface area contributed by atoms with E-state index in [-0.39, 0.29) is 17.3 Å². The Hall–Kier alpha value is -4.37. The molecule has 4 rings (SSSR count). The number of rotatable bonds is 8. The second-order valence-electron chi connectivity index (χ2n) is 7.15. The fourth-order valence-electron chi connectivity index (χ4n) is 3.19. The zero-order chi connectivity index (χ0) is 24.8. The van der Waals surface area contributed by atoms with E-state index in [0.29, 0.717) is 22.2 Å². The van der Waals surface area contributed by atoms with E-state index in [0.717, 1.165) is 11.3 Å². The molecule has 0 unspecified atom stereocenters. The van der Waals surface area contributed by atoms with E-state index < -0.39 is 5.97 Å². The second kappa shape index (κ2) is 10.7. The summed E-state index contributed by atoms with van der Waals surface area (Å²) in [6.45, 7) is 0. The van der Waals surface area contributed by atoms with Gasteiger partial charge in [0.15, 0.2) is 0 Å². The minimum atomic E-state index is -0.567. The van der Waals surface area contributed by atoms with Crippen molar-refractivity contribution in [3.8, 4) is 34.6 Å². The fraction of sp³-hybridized carbons (Fsp3) is 0.120. The number of aromatic nitrogens is 4. The molecule has 0 atom stereocenters. The van der Waals surface area contributed by atoms with Crippen LogP contribution in [0.3, 0.4) is 0 Å². The maximum Gasteiger partial charge on any atom is 0.341 e. The van der Waals surface area contributed by atoms with Crippen LogP contribution >= 0.6 is 11.6 Å². The summed E-state index contributed by atoms with van der Waals surface area (Å²) in [6.07, 6.45) is 2.61. The normalized spacial score (nSPS) is 11.1. The molecule has 0 saturated carbocycles. The summed E-state index contributed by atoms with van der Waals surface area (Å²) in [5, 5.41) is 5.13. The summed E-state index contributed by atoms with van der Waals surface area (Å²) in [5.74, 6) is 0.734. The molecule has 0 spiro atoms. The van der Waals surface area contributed by atoms with Crippen LogP contribution in [-0.4, -0.2) is 39.9 Å². The summed E-state index contributed by atoms with van der Waals surface area (Å²) < 4.78 is 23.4. The Labute approximate surface area is 206 Å². The molecule has 0 saturated heterocycles. The summed E-state index contributed by atoms with van der Waals surface area (Å²) in [5.41, 5.74) is 2.29. The van der Waals surface area contributed by atoms with E-state index >= 15 is 0 Å². The molecule has 2 heterocycles. The first kappa shape index (κ1) is 23.8. The Balaban J connectivity index is 1.57. The van der Waals surface area contributed by atoms with Crippen LogP contribution in [0.4, 0.5) is 0 Å². The van der Waals surface area contributed by atoms with Gasteiger partial charge in [-0.1, -0.05) is 41.9 Å². The van der Waals surface area contributed by atoms with Crippen molar-refractivity contribution in [2.45, 2.75) is 0 Å². The van der Waals surface area contributed by atoms with E-state index in [9.17, 15) is 4.79 Å². The number of carbonyl (C=O) groups is 1. The highest BCUT2D eigenvalue weighted by molar-refractivity contribution is 6.30. The molecule has 0 N–H and O–H groups in total. The van der Waals surface area contributed by atoms with E-state index in [1.54, 1.807) is 54.2 Å². The van der Waals surface area contributed by atoms with Gasteiger partial charge in [-0.05, 0) is 18.2 Å². The largest absolute Gasteiger partial charge is 0.503 e. The molecule has 0 aliphatic rings. The molecule has 10 heteroatoms. The Morgan fingerprint density at radius 3 is 2.40 bits per heavy atom. The number of halogens is 1. The van der Waals surface area contributed by atoms with Gasteiger partial charge in [0.2, 0.25) is 17.6 Å². The van der Waals surface area contributed by atoms with Crippen molar-refractivity contribution in [2.24, 2.45) is 7.05 Å². The molecule has 0 fully saturated rings. The first-order valence-corrected chi connectivity index (χ1v) is 10.7. The Bertz CT molecular complexity index is 1370. The molecule has 9 nitrogen and oxygen atoms in total. The number of methoxy groups -OCH3 is 2. The minimum absolute atomic E-state index is 0.195. The van der Waals surface area contributed by atoms with Crippen molar-refractivity contribution in [3.05, 3.63) is 83.8 Å². The molecule has 0 aliphatic carbocycles. The number of para-hydroxylation sites is 1. The van der Waals surface area contributed by atoms with Crippen LogP contribution in [0.2, 0.25) is 5.02 Å². The number of carbonyl (C=O) groups excluding carboxylic acids is 1. The number of benzene rings is 2. The maximum absolute atomic E-state index is 12.2. The van der Waals surface area contributed by atoms with Gasteiger partial charge in [-0.3, -0.25) is 0 Å². The second-order valence-corrected chi connectivity index (χ2v) is 7.59. The van der Waals surface area contributed by atoms with Crippen LogP contribution in [0.5, 0.6) is 23.4 Å². The standard InChI is InChI=1S/C25H21ClN4O5/c1-30-24(12-20(29-30)16-8-10-17(26)11-9-16)35-23-13-22(27-15-28-23)34-21-7-5-4-6-18(21)19(14-32-2)25(31)33-3/h4-15H,1-3H3/b19-14+. The maximum atomic E-state index is 12.2. The zero-order valence-corrected chi connectivity index (χ0v) is 19.9. The summed E-state index contributed by atoms with van der Waals surface area (Å²) in [6, 6.07) is 17.6. The smallest absolute Gasteiger partial charge is 0.341 e. The fourth-order valence-corrected chi connectivity index (χ4v) is 3.32. The quantitative estimate of drug-likeness (QED) is 0.186. The Morgan fingerprint density at radius 2 is 1.69 bits per heavy atom. The van der Waals surface area contributed by atoms with Crippen molar-refractivity contribution in [3.63, 3.8) is 0 Å². The van der Waals surface area contributed by atoms with Crippen molar-refractivity contribution in [2.75, 3.05) is 14.2 Å². The summed E-state index contributed by atoms with van der Waals surface area (Å²) in [7, 11) is 4.50. The van der Waals surface area contributed by atoms with Gasteiger partial charge in [0.05, 0.1) is 32.2 Å². The number of nitrogens with zero attached hydrogens (tertiary/aromatic N) is 4. The van der Waals surface area contributed by atoms with E-state index in [1.807, 2.05) is 12.1 Å². The highest BCUT2D eigenvalue weighted by Gasteiger charge is 2.19. The highest BCUT2D eigenvalue weighted by Crippen LogP contribution is 2.32. The lowest BCUT2D eigenvalue weighted by molar-refractivity contribution is -0.133. The van der Waals surface area contributed by atoms with Gasteiger partial charge < -0.3 is 18.9 Å². The average molecular weight is 493 g/mol. The monoisotopic (exact) mass is 492 g/mol. The lowest BCUT2D eigenvalue weighted by Gasteiger charge is -2.12. The highest BCUT2D eigenvalue weighted by atomic mass is 35.5. The SMILES string of the molecule is CO/C=C(/C(=O)OC)c1ccccc1Oc1cc(Oc2cc(-c3ccc(Cl)cc3)nn2C)ncn1. The number of hydrogen-bond donors (Lipinski definition) is 0. The predicted molar refractivity (Wildman–Crippen MR) is 129 cm³/mol. The molecular formula is C25H21ClN4O5. The third-order valence-electron chi connectivity index (χ3n) is 4.84. The van der Waals surface area contributed by atoms with Crippen molar-refractivity contribution in [1.29, 1.82) is 0 Å². The predicted octanol–water partition coefficient (Wildman–Crippen LogP) is 5.28. The van der Waals surface area contributed by atoms with Crippen LogP contribution < -0.4 is 9.47 Å². The van der Waals surface area contributed by atoms with Crippen LogP contribution in [0.25, 0.3) is 16.8 Å². The number of ether oxygens (including phenoxy) is 4. The number of esters is 1. The van der Waals surface area contributed by atoms with Gasteiger partial charge in [0.1, 0.15) is 17.6 Å². The first-order chi connectivity index (χ1) is 17.0.